The first kappa shape index (κ1) is 18.4. The molecule has 1 atom stereocenters. The Kier molecular flexibility index (Phi) is 7.19. The third-order valence-electron chi connectivity index (χ3n) is 3.55. The maximum Gasteiger partial charge on any atom is 0.261 e. The molecule has 0 aliphatic rings. The van der Waals surface area contributed by atoms with Crippen LogP contribution in [0.4, 0.5) is 0 Å². The molecule has 2 aromatic rings. The van der Waals surface area contributed by atoms with E-state index in [2.05, 4.69) is 23.5 Å². The molecule has 0 fully saturated rings. The standard InChI is InChI=1S/C20H25NO2S/c1-4-19(23-17-13-15(2)12-16(3)14-17)20(22)21-10-11-24-18-8-6-5-7-9-18/h5-9,12-14,19H,4,10-11H2,1-3H3,(H,21,22). The second-order valence-corrected chi connectivity index (χ2v) is 6.96. The zero-order valence-corrected chi connectivity index (χ0v) is 15.4. The molecule has 2 aromatic carbocycles. The molecule has 3 nitrogen and oxygen atoms in total. The Labute approximate surface area is 148 Å². The summed E-state index contributed by atoms with van der Waals surface area (Å²) in [5, 5.41) is 2.97. The Morgan fingerprint density at radius 1 is 1.12 bits per heavy atom. The van der Waals surface area contributed by atoms with Crippen LogP contribution in [-0.4, -0.2) is 24.3 Å². The minimum absolute atomic E-state index is 0.0506. The highest BCUT2D eigenvalue weighted by atomic mass is 32.2. The molecule has 0 aromatic heterocycles. The number of rotatable bonds is 8. The number of nitrogens with one attached hydrogen (secondary N) is 1. The number of hydrogen-bond donors (Lipinski definition) is 1. The van der Waals surface area contributed by atoms with E-state index in [4.69, 9.17) is 4.74 Å². The molecule has 0 saturated heterocycles. The Balaban J connectivity index is 1.80. The van der Waals surface area contributed by atoms with Gasteiger partial charge in [0.05, 0.1) is 0 Å². The zero-order valence-electron chi connectivity index (χ0n) is 14.5. The summed E-state index contributed by atoms with van der Waals surface area (Å²) in [7, 11) is 0. The van der Waals surface area contributed by atoms with Crippen molar-refractivity contribution in [3.05, 3.63) is 59.7 Å². The van der Waals surface area contributed by atoms with E-state index in [0.29, 0.717) is 13.0 Å². The van der Waals surface area contributed by atoms with Gasteiger partial charge in [0.15, 0.2) is 6.10 Å². The second kappa shape index (κ2) is 9.38. The van der Waals surface area contributed by atoms with Crippen LogP contribution in [0.2, 0.25) is 0 Å². The van der Waals surface area contributed by atoms with Crippen molar-refractivity contribution in [2.45, 2.75) is 38.2 Å². The second-order valence-electron chi connectivity index (χ2n) is 5.79. The van der Waals surface area contributed by atoms with E-state index < -0.39 is 6.10 Å². The fraction of sp³-hybridized carbons (Fsp3) is 0.350. The van der Waals surface area contributed by atoms with Crippen LogP contribution in [0.15, 0.2) is 53.4 Å². The number of benzene rings is 2. The van der Waals surface area contributed by atoms with Gasteiger partial charge < -0.3 is 10.1 Å². The molecular weight excluding hydrogens is 318 g/mol. The van der Waals surface area contributed by atoms with Crippen molar-refractivity contribution >= 4 is 17.7 Å². The number of thioether (sulfide) groups is 1. The first-order valence-corrected chi connectivity index (χ1v) is 9.27. The van der Waals surface area contributed by atoms with Crippen molar-refractivity contribution in [3.8, 4) is 5.75 Å². The van der Waals surface area contributed by atoms with Gasteiger partial charge in [0.2, 0.25) is 0 Å². The smallest absolute Gasteiger partial charge is 0.261 e. The largest absolute Gasteiger partial charge is 0.481 e. The summed E-state index contributed by atoms with van der Waals surface area (Å²) in [4.78, 5) is 13.5. The van der Waals surface area contributed by atoms with Gasteiger partial charge >= 0.3 is 0 Å². The van der Waals surface area contributed by atoms with E-state index in [1.807, 2.05) is 51.1 Å². The summed E-state index contributed by atoms with van der Waals surface area (Å²) < 4.78 is 5.88. The molecule has 2 rings (SSSR count). The van der Waals surface area contributed by atoms with E-state index in [0.717, 1.165) is 22.6 Å². The summed E-state index contributed by atoms with van der Waals surface area (Å²) in [6.45, 7) is 6.65. The number of ether oxygens (including phenoxy) is 1. The van der Waals surface area contributed by atoms with Crippen LogP contribution in [0.3, 0.4) is 0 Å². The van der Waals surface area contributed by atoms with Crippen LogP contribution in [0, 0.1) is 13.8 Å². The van der Waals surface area contributed by atoms with Crippen LogP contribution in [-0.2, 0) is 4.79 Å². The van der Waals surface area contributed by atoms with E-state index in [9.17, 15) is 4.79 Å². The Hall–Kier alpha value is -1.94. The van der Waals surface area contributed by atoms with Crippen LogP contribution < -0.4 is 10.1 Å². The van der Waals surface area contributed by atoms with E-state index in [-0.39, 0.29) is 5.91 Å². The molecule has 0 heterocycles. The summed E-state index contributed by atoms with van der Waals surface area (Å²) in [6, 6.07) is 16.2. The van der Waals surface area contributed by atoms with Gasteiger partial charge in [-0.25, -0.2) is 0 Å². The lowest BCUT2D eigenvalue weighted by atomic mass is 10.1. The topological polar surface area (TPSA) is 38.3 Å². The van der Waals surface area contributed by atoms with Crippen molar-refractivity contribution < 1.29 is 9.53 Å². The number of carbonyl (C=O) groups excluding carboxylic acids is 1. The van der Waals surface area contributed by atoms with Crippen molar-refractivity contribution in [1.82, 2.24) is 5.32 Å². The quantitative estimate of drug-likeness (QED) is 0.571. The highest BCUT2D eigenvalue weighted by Crippen LogP contribution is 2.19. The number of hydrogen-bond acceptors (Lipinski definition) is 3. The normalized spacial score (nSPS) is 11.8. The highest BCUT2D eigenvalue weighted by Gasteiger charge is 2.18. The molecule has 1 N–H and O–H groups in total. The highest BCUT2D eigenvalue weighted by molar-refractivity contribution is 7.99. The van der Waals surface area contributed by atoms with Gasteiger partial charge in [0.1, 0.15) is 5.75 Å². The minimum atomic E-state index is -0.451. The van der Waals surface area contributed by atoms with Crippen LogP contribution >= 0.6 is 11.8 Å². The zero-order chi connectivity index (χ0) is 17.4. The van der Waals surface area contributed by atoms with Crippen LogP contribution in [0.1, 0.15) is 24.5 Å². The SMILES string of the molecule is CCC(Oc1cc(C)cc(C)c1)C(=O)NCCSc1ccccc1. The summed E-state index contributed by atoms with van der Waals surface area (Å²) in [6.07, 6.45) is 0.193. The Morgan fingerprint density at radius 3 is 2.42 bits per heavy atom. The Bertz CT molecular complexity index is 638. The predicted molar refractivity (Wildman–Crippen MR) is 101 cm³/mol. The molecule has 4 heteroatoms. The molecule has 0 aliphatic carbocycles. The molecule has 1 amide bonds. The van der Waals surface area contributed by atoms with Crippen molar-refractivity contribution in [1.29, 1.82) is 0 Å². The lowest BCUT2D eigenvalue weighted by Gasteiger charge is -2.18. The van der Waals surface area contributed by atoms with Gasteiger partial charge in [0, 0.05) is 17.2 Å². The third-order valence-corrected chi connectivity index (χ3v) is 4.56. The molecule has 0 saturated carbocycles. The summed E-state index contributed by atoms with van der Waals surface area (Å²) in [5.74, 6) is 1.55. The average molecular weight is 343 g/mol. The first-order valence-electron chi connectivity index (χ1n) is 8.29. The monoisotopic (exact) mass is 343 g/mol. The maximum atomic E-state index is 12.3. The lowest BCUT2D eigenvalue weighted by Crippen LogP contribution is -2.39. The van der Waals surface area contributed by atoms with Crippen molar-refractivity contribution in [3.63, 3.8) is 0 Å². The third kappa shape index (κ3) is 5.93. The van der Waals surface area contributed by atoms with Crippen LogP contribution in [0.25, 0.3) is 0 Å². The first-order chi connectivity index (χ1) is 11.6. The van der Waals surface area contributed by atoms with Gasteiger partial charge in [-0.1, -0.05) is 31.2 Å². The average Bonchev–Trinajstić information content (AvgIpc) is 2.56. The van der Waals surface area contributed by atoms with Gasteiger partial charge in [-0.05, 0) is 55.7 Å². The lowest BCUT2D eigenvalue weighted by molar-refractivity contribution is -0.127. The summed E-state index contributed by atoms with van der Waals surface area (Å²) in [5.41, 5.74) is 2.28. The van der Waals surface area contributed by atoms with E-state index >= 15 is 0 Å². The van der Waals surface area contributed by atoms with Gasteiger partial charge in [0.25, 0.3) is 5.91 Å². The van der Waals surface area contributed by atoms with Crippen molar-refractivity contribution in [2.24, 2.45) is 0 Å². The minimum Gasteiger partial charge on any atom is -0.481 e. The molecule has 1 unspecified atom stereocenters. The fourth-order valence-corrected chi connectivity index (χ4v) is 3.25. The van der Waals surface area contributed by atoms with E-state index in [1.54, 1.807) is 11.8 Å². The van der Waals surface area contributed by atoms with E-state index in [1.165, 1.54) is 4.90 Å². The number of amides is 1. The van der Waals surface area contributed by atoms with Gasteiger partial charge in [-0.2, -0.15) is 0 Å². The fourth-order valence-electron chi connectivity index (χ4n) is 2.46. The maximum absolute atomic E-state index is 12.3. The van der Waals surface area contributed by atoms with Gasteiger partial charge in [-0.3, -0.25) is 4.79 Å². The molecule has 0 aliphatic heterocycles. The predicted octanol–water partition coefficient (Wildman–Crippen LogP) is 4.37. The molecule has 0 bridgehead atoms. The van der Waals surface area contributed by atoms with Crippen molar-refractivity contribution in [2.75, 3.05) is 12.3 Å². The molecule has 24 heavy (non-hydrogen) atoms. The summed E-state index contributed by atoms with van der Waals surface area (Å²) >= 11 is 1.73. The molecule has 0 spiro atoms. The van der Waals surface area contributed by atoms with Crippen LogP contribution in [0.5, 0.6) is 5.75 Å². The number of carbonyl (C=O) groups is 1. The molecule has 128 valence electrons. The molecule has 0 radical (unpaired) electrons. The number of aryl methyl sites for hydroxylation is 2. The van der Waals surface area contributed by atoms with Gasteiger partial charge in [-0.15, -0.1) is 11.8 Å². The molecular formula is C20H25NO2S. The Morgan fingerprint density at radius 2 is 1.79 bits per heavy atom.